The van der Waals surface area contributed by atoms with Crippen LogP contribution in [0.1, 0.15) is 10.5 Å². The zero-order valence-electron chi connectivity index (χ0n) is 8.17. The highest BCUT2D eigenvalue weighted by Gasteiger charge is 2.14. The number of hydrogen-bond acceptors (Lipinski definition) is 4. The highest BCUT2D eigenvalue weighted by Crippen LogP contribution is 2.22. The molecule has 0 atom stereocenters. The van der Waals surface area contributed by atoms with Gasteiger partial charge in [-0.15, -0.1) is 17.8 Å². The normalized spacial score (nSPS) is 10.1. The summed E-state index contributed by atoms with van der Waals surface area (Å²) in [7, 11) is 1.82. The molecular weight excluding hydrogens is 210 g/mol. The van der Waals surface area contributed by atoms with Gasteiger partial charge in [-0.3, -0.25) is 9.20 Å². The molecule has 2 aromatic rings. The number of fused-ring (bicyclic) bond motifs is 1. The number of thiazole rings is 1. The van der Waals surface area contributed by atoms with Gasteiger partial charge >= 0.3 is 0 Å². The van der Waals surface area contributed by atoms with Crippen LogP contribution in [-0.2, 0) is 0 Å². The minimum Gasteiger partial charge on any atom is -0.347 e. The van der Waals surface area contributed by atoms with Crippen LogP contribution in [0.25, 0.3) is 4.96 Å². The molecule has 0 radical (unpaired) electrons. The van der Waals surface area contributed by atoms with Crippen LogP contribution >= 0.6 is 11.3 Å². The molecule has 0 aliphatic rings. The molecule has 0 N–H and O–H groups in total. The SMILES string of the molecule is C#CCN(C)c1nc2sccn2c1C=O. The van der Waals surface area contributed by atoms with Crippen LogP contribution < -0.4 is 4.90 Å². The van der Waals surface area contributed by atoms with Crippen molar-refractivity contribution in [2.45, 2.75) is 0 Å². The molecule has 2 rings (SSSR count). The van der Waals surface area contributed by atoms with Gasteiger partial charge in [0.1, 0.15) is 5.69 Å². The van der Waals surface area contributed by atoms with Crippen molar-refractivity contribution >= 4 is 28.4 Å². The van der Waals surface area contributed by atoms with Crippen molar-refractivity contribution in [2.75, 3.05) is 18.5 Å². The fourth-order valence-electron chi connectivity index (χ4n) is 1.39. The minimum atomic E-state index is 0.436. The summed E-state index contributed by atoms with van der Waals surface area (Å²) in [5.41, 5.74) is 0.545. The second-order valence-corrected chi connectivity index (χ2v) is 3.93. The van der Waals surface area contributed by atoms with Crippen molar-refractivity contribution in [2.24, 2.45) is 0 Å². The number of imidazole rings is 1. The first-order valence-electron chi connectivity index (χ1n) is 4.33. The lowest BCUT2D eigenvalue weighted by Gasteiger charge is -2.12. The summed E-state index contributed by atoms with van der Waals surface area (Å²) in [6.07, 6.45) is 7.84. The Bertz CT molecular complexity index is 534. The Morgan fingerprint density at radius 3 is 3.27 bits per heavy atom. The molecule has 2 aromatic heterocycles. The molecule has 0 aliphatic heterocycles. The third kappa shape index (κ3) is 1.49. The van der Waals surface area contributed by atoms with Crippen LogP contribution in [0.3, 0.4) is 0 Å². The predicted molar refractivity (Wildman–Crippen MR) is 60.6 cm³/mol. The van der Waals surface area contributed by atoms with Gasteiger partial charge in [-0.05, 0) is 0 Å². The van der Waals surface area contributed by atoms with Gasteiger partial charge in [0.15, 0.2) is 17.1 Å². The van der Waals surface area contributed by atoms with E-state index in [1.807, 2.05) is 18.6 Å². The first kappa shape index (κ1) is 9.74. The van der Waals surface area contributed by atoms with E-state index in [1.54, 1.807) is 9.30 Å². The molecule has 0 bridgehead atoms. The number of aromatic nitrogens is 2. The molecule has 0 saturated carbocycles. The first-order chi connectivity index (χ1) is 7.27. The average Bonchev–Trinajstić information content (AvgIpc) is 2.76. The van der Waals surface area contributed by atoms with E-state index in [0.29, 0.717) is 18.1 Å². The summed E-state index contributed by atoms with van der Waals surface area (Å²) in [5, 5.41) is 1.89. The number of carbonyl (C=O) groups excluding carboxylic acids is 1. The molecule has 0 saturated heterocycles. The molecule has 0 spiro atoms. The predicted octanol–water partition coefficient (Wildman–Crippen LogP) is 1.28. The maximum Gasteiger partial charge on any atom is 0.196 e. The zero-order chi connectivity index (χ0) is 10.8. The molecule has 2 heterocycles. The van der Waals surface area contributed by atoms with E-state index in [-0.39, 0.29) is 0 Å². The summed E-state index contributed by atoms with van der Waals surface area (Å²) in [6.45, 7) is 0.436. The largest absolute Gasteiger partial charge is 0.347 e. The van der Waals surface area contributed by atoms with Gasteiger partial charge in [-0.2, -0.15) is 0 Å². The number of anilines is 1. The highest BCUT2D eigenvalue weighted by molar-refractivity contribution is 7.15. The van der Waals surface area contributed by atoms with E-state index >= 15 is 0 Å². The lowest BCUT2D eigenvalue weighted by Crippen LogP contribution is -2.19. The first-order valence-corrected chi connectivity index (χ1v) is 5.21. The molecular formula is C10H9N3OS. The Labute approximate surface area is 91.2 Å². The van der Waals surface area contributed by atoms with Crippen LogP contribution in [0.5, 0.6) is 0 Å². The van der Waals surface area contributed by atoms with Gasteiger partial charge in [0.05, 0.1) is 6.54 Å². The molecule has 5 heteroatoms. The summed E-state index contributed by atoms with van der Waals surface area (Å²) in [4.78, 5) is 17.9. The molecule has 0 fully saturated rings. The molecule has 0 amide bonds. The molecule has 4 nitrogen and oxygen atoms in total. The van der Waals surface area contributed by atoms with Crippen molar-refractivity contribution in [3.05, 3.63) is 17.3 Å². The quantitative estimate of drug-likeness (QED) is 0.576. The number of carbonyl (C=O) groups is 1. The number of nitrogens with zero attached hydrogens (tertiary/aromatic N) is 3. The van der Waals surface area contributed by atoms with Gasteiger partial charge in [-0.1, -0.05) is 5.92 Å². The fourth-order valence-corrected chi connectivity index (χ4v) is 2.11. The van der Waals surface area contributed by atoms with Crippen LogP contribution in [-0.4, -0.2) is 29.3 Å². The molecule has 15 heavy (non-hydrogen) atoms. The summed E-state index contributed by atoms with van der Waals surface area (Å²) >= 11 is 1.49. The number of terminal acetylenes is 1. The number of hydrogen-bond donors (Lipinski definition) is 0. The monoisotopic (exact) mass is 219 g/mol. The van der Waals surface area contributed by atoms with E-state index in [1.165, 1.54) is 11.3 Å². The topological polar surface area (TPSA) is 37.6 Å². The minimum absolute atomic E-state index is 0.436. The van der Waals surface area contributed by atoms with Crippen molar-refractivity contribution < 1.29 is 4.79 Å². The second-order valence-electron chi connectivity index (χ2n) is 3.05. The standard InChI is InChI=1S/C10H9N3OS/c1-3-4-12(2)9-8(7-14)13-5-6-15-10(13)11-9/h1,5-7H,4H2,2H3. The summed E-state index contributed by atoms with van der Waals surface area (Å²) in [5.74, 6) is 3.15. The second kappa shape index (κ2) is 3.75. The van der Waals surface area contributed by atoms with Gasteiger partial charge in [-0.25, -0.2) is 4.98 Å². The van der Waals surface area contributed by atoms with E-state index in [0.717, 1.165) is 11.2 Å². The van der Waals surface area contributed by atoms with Gasteiger partial charge < -0.3 is 4.90 Å². The van der Waals surface area contributed by atoms with E-state index < -0.39 is 0 Å². The third-order valence-corrected chi connectivity index (χ3v) is 2.84. The summed E-state index contributed by atoms with van der Waals surface area (Å²) < 4.78 is 1.76. The average molecular weight is 219 g/mol. The lowest BCUT2D eigenvalue weighted by molar-refractivity contribution is 0.111. The van der Waals surface area contributed by atoms with E-state index in [2.05, 4.69) is 10.9 Å². The zero-order valence-corrected chi connectivity index (χ0v) is 8.99. The van der Waals surface area contributed by atoms with Gasteiger partial charge in [0.25, 0.3) is 0 Å². The molecule has 0 aromatic carbocycles. The smallest absolute Gasteiger partial charge is 0.196 e. The Morgan fingerprint density at radius 2 is 2.60 bits per heavy atom. The summed E-state index contributed by atoms with van der Waals surface area (Å²) in [6, 6.07) is 0. The Morgan fingerprint density at radius 1 is 1.80 bits per heavy atom. The van der Waals surface area contributed by atoms with E-state index in [9.17, 15) is 4.79 Å². The van der Waals surface area contributed by atoms with Crippen molar-refractivity contribution in [3.63, 3.8) is 0 Å². The van der Waals surface area contributed by atoms with Gasteiger partial charge in [0, 0.05) is 18.6 Å². The van der Waals surface area contributed by atoms with Crippen molar-refractivity contribution in [3.8, 4) is 12.3 Å². The maximum absolute atomic E-state index is 11.0. The Hall–Kier alpha value is -1.80. The lowest BCUT2D eigenvalue weighted by atomic mass is 10.4. The van der Waals surface area contributed by atoms with Crippen molar-refractivity contribution in [1.29, 1.82) is 0 Å². The number of aldehydes is 1. The van der Waals surface area contributed by atoms with Crippen LogP contribution in [0.2, 0.25) is 0 Å². The molecule has 0 aliphatic carbocycles. The third-order valence-electron chi connectivity index (χ3n) is 2.08. The van der Waals surface area contributed by atoms with E-state index in [4.69, 9.17) is 6.42 Å². The fraction of sp³-hybridized carbons (Fsp3) is 0.200. The maximum atomic E-state index is 11.0. The molecule has 76 valence electrons. The highest BCUT2D eigenvalue weighted by atomic mass is 32.1. The van der Waals surface area contributed by atoms with Crippen LogP contribution in [0.4, 0.5) is 5.82 Å². The van der Waals surface area contributed by atoms with Crippen molar-refractivity contribution in [1.82, 2.24) is 9.38 Å². The Kier molecular flexibility index (Phi) is 2.44. The van der Waals surface area contributed by atoms with Gasteiger partial charge in [0.2, 0.25) is 0 Å². The van der Waals surface area contributed by atoms with Crippen LogP contribution in [0, 0.1) is 12.3 Å². The Balaban J connectivity index is 2.55. The number of rotatable bonds is 3. The van der Waals surface area contributed by atoms with Crippen LogP contribution in [0.15, 0.2) is 11.6 Å². The molecule has 0 unspecified atom stereocenters.